The van der Waals surface area contributed by atoms with Crippen LogP contribution in [0, 0.1) is 5.92 Å². The summed E-state index contributed by atoms with van der Waals surface area (Å²) < 4.78 is 5.87. The van der Waals surface area contributed by atoms with E-state index in [2.05, 4.69) is 60.2 Å². The van der Waals surface area contributed by atoms with Crippen LogP contribution in [0.15, 0.2) is 24.3 Å². The molecule has 1 aromatic carbocycles. The number of hydrogen-bond acceptors (Lipinski definition) is 4. The number of nitrogens with one attached hydrogen (secondary N) is 1. The van der Waals surface area contributed by atoms with E-state index in [1.54, 1.807) is 0 Å². The van der Waals surface area contributed by atoms with Crippen LogP contribution >= 0.6 is 0 Å². The average molecular weight is 346 g/mol. The Kier molecular flexibility index (Phi) is 6.74. The highest BCUT2D eigenvalue weighted by molar-refractivity contribution is 5.30. The van der Waals surface area contributed by atoms with E-state index in [0.29, 0.717) is 18.0 Å². The minimum Gasteiger partial charge on any atom is -0.493 e. The molecule has 2 heterocycles. The smallest absolute Gasteiger partial charge is 0.119 e. The lowest BCUT2D eigenvalue weighted by Gasteiger charge is -2.41. The third-order valence-corrected chi connectivity index (χ3v) is 5.43. The normalized spacial score (nSPS) is 23.9. The third kappa shape index (κ3) is 5.19. The monoisotopic (exact) mass is 345 g/mol. The number of nitrogens with zero attached hydrogens (tertiary/aromatic N) is 2. The molecule has 0 aromatic heterocycles. The molecule has 3 rings (SSSR count). The molecule has 4 heteroatoms. The Morgan fingerprint density at radius 3 is 2.48 bits per heavy atom. The maximum atomic E-state index is 5.87. The van der Waals surface area contributed by atoms with Crippen LogP contribution in [0.5, 0.6) is 5.75 Å². The molecular weight excluding hydrogens is 310 g/mol. The topological polar surface area (TPSA) is 27.7 Å². The van der Waals surface area contributed by atoms with E-state index >= 15 is 0 Å². The average Bonchev–Trinajstić information content (AvgIpc) is 3.12. The van der Waals surface area contributed by atoms with Gasteiger partial charge in [-0.25, -0.2) is 0 Å². The number of rotatable bonds is 7. The second kappa shape index (κ2) is 9.02. The van der Waals surface area contributed by atoms with E-state index in [0.717, 1.165) is 38.5 Å². The summed E-state index contributed by atoms with van der Waals surface area (Å²) in [7, 11) is 0. The lowest BCUT2D eigenvalue weighted by atomic mass is 10.0. The van der Waals surface area contributed by atoms with Gasteiger partial charge in [-0.2, -0.15) is 0 Å². The van der Waals surface area contributed by atoms with Crippen LogP contribution in [0.25, 0.3) is 0 Å². The van der Waals surface area contributed by atoms with Crippen molar-refractivity contribution in [2.45, 2.75) is 45.7 Å². The lowest BCUT2D eigenvalue weighted by molar-refractivity contribution is 0.0907. The summed E-state index contributed by atoms with van der Waals surface area (Å²) in [6.07, 6.45) is 2.71. The summed E-state index contributed by atoms with van der Waals surface area (Å²) in [5.41, 5.74) is 1.43. The van der Waals surface area contributed by atoms with Gasteiger partial charge in [-0.15, -0.1) is 0 Å². The van der Waals surface area contributed by atoms with E-state index in [4.69, 9.17) is 4.74 Å². The van der Waals surface area contributed by atoms with Gasteiger partial charge >= 0.3 is 0 Å². The standard InChI is InChI=1S/C21H35N3O/c1-17(2)16-25-20-8-6-19(7-9-20)21(15-23-11-4-5-12-23)24-13-10-22-14-18(24)3/h6-9,17-18,21-22H,4-5,10-16H2,1-3H3. The second-order valence-corrected chi connectivity index (χ2v) is 8.09. The van der Waals surface area contributed by atoms with Crippen molar-refractivity contribution in [2.24, 2.45) is 5.92 Å². The minimum atomic E-state index is 0.481. The summed E-state index contributed by atoms with van der Waals surface area (Å²) >= 11 is 0. The van der Waals surface area contributed by atoms with Crippen molar-refractivity contribution in [2.75, 3.05) is 45.9 Å². The zero-order valence-electron chi connectivity index (χ0n) is 16.2. The molecule has 0 bridgehead atoms. The van der Waals surface area contributed by atoms with Gasteiger partial charge in [0, 0.05) is 38.3 Å². The molecule has 2 fully saturated rings. The fraction of sp³-hybridized carbons (Fsp3) is 0.714. The van der Waals surface area contributed by atoms with Gasteiger partial charge in [0.2, 0.25) is 0 Å². The summed E-state index contributed by atoms with van der Waals surface area (Å²) in [5.74, 6) is 1.55. The van der Waals surface area contributed by atoms with Gasteiger partial charge in [-0.3, -0.25) is 4.90 Å². The van der Waals surface area contributed by atoms with Crippen molar-refractivity contribution in [1.29, 1.82) is 0 Å². The van der Waals surface area contributed by atoms with Crippen LogP contribution in [0.1, 0.15) is 45.2 Å². The number of ether oxygens (including phenoxy) is 1. The largest absolute Gasteiger partial charge is 0.493 e. The van der Waals surface area contributed by atoms with Gasteiger partial charge in [0.25, 0.3) is 0 Å². The molecule has 0 amide bonds. The molecular formula is C21H35N3O. The number of piperazine rings is 1. The first kappa shape index (κ1) is 18.7. The van der Waals surface area contributed by atoms with Gasteiger partial charge in [0.1, 0.15) is 5.75 Å². The van der Waals surface area contributed by atoms with Crippen LogP contribution in [0.4, 0.5) is 0 Å². The number of hydrogen-bond donors (Lipinski definition) is 1. The Morgan fingerprint density at radius 1 is 1.12 bits per heavy atom. The summed E-state index contributed by atoms with van der Waals surface area (Å²) in [6.45, 7) is 14.5. The maximum Gasteiger partial charge on any atom is 0.119 e. The van der Waals surface area contributed by atoms with E-state index in [1.807, 2.05) is 0 Å². The first-order valence-corrected chi connectivity index (χ1v) is 10.0. The molecule has 1 N–H and O–H groups in total. The van der Waals surface area contributed by atoms with Gasteiger partial charge in [-0.1, -0.05) is 26.0 Å². The summed E-state index contributed by atoms with van der Waals surface area (Å²) in [6, 6.07) is 9.94. The predicted octanol–water partition coefficient (Wildman–Crippen LogP) is 3.15. The zero-order chi connectivity index (χ0) is 17.6. The molecule has 4 nitrogen and oxygen atoms in total. The van der Waals surface area contributed by atoms with Crippen LogP contribution in [-0.4, -0.2) is 61.7 Å². The van der Waals surface area contributed by atoms with Crippen LogP contribution in [0.3, 0.4) is 0 Å². The molecule has 2 saturated heterocycles. The highest BCUT2D eigenvalue weighted by Gasteiger charge is 2.29. The van der Waals surface area contributed by atoms with Crippen molar-refractivity contribution in [3.63, 3.8) is 0 Å². The highest BCUT2D eigenvalue weighted by Crippen LogP contribution is 2.28. The molecule has 1 aromatic rings. The van der Waals surface area contributed by atoms with E-state index in [1.165, 1.54) is 31.5 Å². The van der Waals surface area contributed by atoms with Crippen molar-refractivity contribution in [3.8, 4) is 5.75 Å². The van der Waals surface area contributed by atoms with E-state index < -0.39 is 0 Å². The molecule has 0 spiro atoms. The molecule has 25 heavy (non-hydrogen) atoms. The molecule has 0 saturated carbocycles. The van der Waals surface area contributed by atoms with Gasteiger partial charge in [-0.05, 0) is 56.5 Å². The van der Waals surface area contributed by atoms with E-state index in [9.17, 15) is 0 Å². The Labute approximate surface area is 153 Å². The summed E-state index contributed by atoms with van der Waals surface area (Å²) in [4.78, 5) is 5.33. The molecule has 2 aliphatic heterocycles. The molecule has 140 valence electrons. The van der Waals surface area contributed by atoms with Crippen molar-refractivity contribution >= 4 is 0 Å². The quantitative estimate of drug-likeness (QED) is 0.822. The number of likely N-dealkylation sites (tertiary alicyclic amines) is 1. The Balaban J connectivity index is 1.73. The molecule has 0 radical (unpaired) electrons. The Morgan fingerprint density at radius 2 is 1.84 bits per heavy atom. The van der Waals surface area contributed by atoms with Crippen LogP contribution < -0.4 is 10.1 Å². The predicted molar refractivity (Wildman–Crippen MR) is 104 cm³/mol. The lowest BCUT2D eigenvalue weighted by Crippen LogP contribution is -2.52. The Hall–Kier alpha value is -1.10. The zero-order valence-corrected chi connectivity index (χ0v) is 16.2. The first-order chi connectivity index (χ1) is 12.1. The highest BCUT2D eigenvalue weighted by atomic mass is 16.5. The third-order valence-electron chi connectivity index (χ3n) is 5.43. The van der Waals surface area contributed by atoms with Crippen molar-refractivity contribution < 1.29 is 4.74 Å². The van der Waals surface area contributed by atoms with E-state index in [-0.39, 0.29) is 0 Å². The van der Waals surface area contributed by atoms with Crippen molar-refractivity contribution in [3.05, 3.63) is 29.8 Å². The molecule has 2 atom stereocenters. The SMILES string of the molecule is CC(C)COc1ccc(C(CN2CCCC2)N2CCNCC2C)cc1. The van der Waals surface area contributed by atoms with Gasteiger partial charge in [0.05, 0.1) is 6.61 Å². The fourth-order valence-corrected chi connectivity index (χ4v) is 3.98. The maximum absolute atomic E-state index is 5.87. The van der Waals surface area contributed by atoms with Gasteiger partial charge in [0.15, 0.2) is 0 Å². The molecule has 2 unspecified atom stereocenters. The minimum absolute atomic E-state index is 0.481. The first-order valence-electron chi connectivity index (χ1n) is 10.0. The van der Waals surface area contributed by atoms with Crippen molar-refractivity contribution in [1.82, 2.24) is 15.1 Å². The van der Waals surface area contributed by atoms with Crippen LogP contribution in [-0.2, 0) is 0 Å². The van der Waals surface area contributed by atoms with Crippen LogP contribution in [0.2, 0.25) is 0 Å². The fourth-order valence-electron chi connectivity index (χ4n) is 3.98. The van der Waals surface area contributed by atoms with Gasteiger partial charge < -0.3 is 15.0 Å². The molecule has 2 aliphatic rings. The Bertz CT molecular complexity index is 510. The molecule has 0 aliphatic carbocycles. The number of benzene rings is 1. The second-order valence-electron chi connectivity index (χ2n) is 8.09. The summed E-state index contributed by atoms with van der Waals surface area (Å²) in [5, 5.41) is 3.53.